The van der Waals surface area contributed by atoms with E-state index in [0.717, 1.165) is 24.2 Å². The second kappa shape index (κ2) is 8.24. The molecule has 0 atom stereocenters. The lowest BCUT2D eigenvalue weighted by Crippen LogP contribution is -2.38. The molecule has 144 valence electrons. The van der Waals surface area contributed by atoms with Gasteiger partial charge in [0.05, 0.1) is 0 Å². The lowest BCUT2D eigenvalue weighted by atomic mass is 9.95. The average molecular weight is 370 g/mol. The number of hydrogen-bond acceptors (Lipinski definition) is 4. The molecule has 0 bridgehead atoms. The lowest BCUT2D eigenvalue weighted by molar-refractivity contribution is 0.0709. The summed E-state index contributed by atoms with van der Waals surface area (Å²) in [6.45, 7) is 9.97. The van der Waals surface area contributed by atoms with Crippen LogP contribution in [0.5, 0.6) is 5.75 Å². The fourth-order valence-corrected chi connectivity index (χ4v) is 3.40. The van der Waals surface area contributed by atoms with Gasteiger partial charge in [-0.05, 0) is 50.5 Å². The highest BCUT2D eigenvalue weighted by Gasteiger charge is 2.27. The summed E-state index contributed by atoms with van der Waals surface area (Å²) in [5.41, 5.74) is 1.38. The van der Waals surface area contributed by atoms with Gasteiger partial charge in [-0.2, -0.15) is 5.10 Å². The first kappa shape index (κ1) is 18.9. The van der Waals surface area contributed by atoms with Gasteiger partial charge in [-0.3, -0.25) is 9.36 Å². The van der Waals surface area contributed by atoms with Gasteiger partial charge in [-0.1, -0.05) is 12.6 Å². The van der Waals surface area contributed by atoms with Gasteiger partial charge >= 0.3 is 5.69 Å². The molecule has 3 rings (SSSR count). The number of piperidine rings is 1. The molecule has 0 aliphatic carbocycles. The zero-order valence-corrected chi connectivity index (χ0v) is 15.9. The molecule has 7 heteroatoms. The van der Waals surface area contributed by atoms with E-state index >= 15 is 0 Å². The third-order valence-corrected chi connectivity index (χ3v) is 4.82. The van der Waals surface area contributed by atoms with Crippen LogP contribution in [0.4, 0.5) is 0 Å². The van der Waals surface area contributed by atoms with Crippen molar-refractivity contribution in [1.82, 2.24) is 19.7 Å². The van der Waals surface area contributed by atoms with Crippen molar-refractivity contribution in [2.24, 2.45) is 0 Å². The van der Waals surface area contributed by atoms with Gasteiger partial charge in [0.2, 0.25) is 0 Å². The summed E-state index contributed by atoms with van der Waals surface area (Å²) in [5.74, 6) is 1.66. The summed E-state index contributed by atoms with van der Waals surface area (Å²) in [6.07, 6.45) is 1.59. The van der Waals surface area contributed by atoms with E-state index in [1.807, 2.05) is 36.9 Å². The molecular weight excluding hydrogens is 344 g/mol. The Morgan fingerprint density at radius 1 is 1.37 bits per heavy atom. The number of nitrogens with one attached hydrogen (secondary N) is 1. The van der Waals surface area contributed by atoms with Crippen LogP contribution in [0.1, 0.15) is 48.8 Å². The number of aromatic nitrogens is 3. The van der Waals surface area contributed by atoms with Gasteiger partial charge in [-0.25, -0.2) is 9.89 Å². The first-order valence-electron chi connectivity index (χ1n) is 9.31. The highest BCUT2D eigenvalue weighted by atomic mass is 16.5. The molecule has 2 heterocycles. The number of hydrogen-bond donors (Lipinski definition) is 1. The Balaban J connectivity index is 1.64. The number of benzene rings is 1. The van der Waals surface area contributed by atoms with E-state index in [4.69, 9.17) is 4.74 Å². The first-order chi connectivity index (χ1) is 13.0. The fourth-order valence-electron chi connectivity index (χ4n) is 3.40. The van der Waals surface area contributed by atoms with Crippen molar-refractivity contribution in [3.05, 3.63) is 58.3 Å². The smallest absolute Gasteiger partial charge is 0.343 e. The second-order valence-corrected chi connectivity index (χ2v) is 6.97. The minimum Gasteiger partial charge on any atom is -0.489 e. The van der Waals surface area contributed by atoms with Gasteiger partial charge < -0.3 is 9.64 Å². The monoisotopic (exact) mass is 370 g/mol. The third kappa shape index (κ3) is 4.30. The predicted octanol–water partition coefficient (Wildman–Crippen LogP) is 2.57. The van der Waals surface area contributed by atoms with Gasteiger partial charge in [0.25, 0.3) is 5.91 Å². The molecule has 1 aromatic carbocycles. The number of aromatic amines is 1. The van der Waals surface area contributed by atoms with Crippen molar-refractivity contribution in [2.45, 2.75) is 39.2 Å². The molecule has 27 heavy (non-hydrogen) atoms. The molecule has 0 radical (unpaired) electrons. The van der Waals surface area contributed by atoms with Crippen LogP contribution in [-0.2, 0) is 6.54 Å². The van der Waals surface area contributed by atoms with Crippen molar-refractivity contribution in [3.8, 4) is 5.75 Å². The number of H-pyrrole nitrogens is 1. The SMILES string of the molecule is C=C(C)COc1cccc(C(=O)N2CCC(c3n[nH]c(=O)n3CC)CC2)c1. The summed E-state index contributed by atoms with van der Waals surface area (Å²) in [6, 6.07) is 7.26. The Labute approximate surface area is 158 Å². The van der Waals surface area contributed by atoms with Gasteiger partial charge in [0.15, 0.2) is 0 Å². The molecule has 1 fully saturated rings. The van der Waals surface area contributed by atoms with E-state index in [0.29, 0.717) is 37.6 Å². The highest BCUT2D eigenvalue weighted by Crippen LogP contribution is 2.27. The molecule has 0 saturated carbocycles. The standard InChI is InChI=1S/C20H26N4O3/c1-4-24-18(21-22-20(24)26)15-8-10-23(11-9-15)19(25)16-6-5-7-17(12-16)27-13-14(2)3/h5-7,12,15H,2,4,8-11,13H2,1,3H3,(H,22,26). The molecule has 0 unspecified atom stereocenters. The van der Waals surface area contributed by atoms with Crippen LogP contribution in [-0.4, -0.2) is 45.3 Å². The molecule has 1 aromatic heterocycles. The van der Waals surface area contributed by atoms with Crippen LogP contribution in [0.25, 0.3) is 0 Å². The molecule has 2 aromatic rings. The first-order valence-corrected chi connectivity index (χ1v) is 9.31. The minimum atomic E-state index is -0.169. The zero-order chi connectivity index (χ0) is 19.4. The van der Waals surface area contributed by atoms with E-state index in [1.165, 1.54) is 0 Å². The number of nitrogens with zero attached hydrogens (tertiary/aromatic N) is 3. The van der Waals surface area contributed by atoms with Crippen molar-refractivity contribution in [3.63, 3.8) is 0 Å². The normalized spacial score (nSPS) is 15.0. The van der Waals surface area contributed by atoms with Crippen LogP contribution in [0.3, 0.4) is 0 Å². The maximum absolute atomic E-state index is 12.8. The van der Waals surface area contributed by atoms with Gasteiger partial charge in [-0.15, -0.1) is 0 Å². The Bertz CT molecular complexity index is 875. The molecule has 1 N–H and O–H groups in total. The maximum atomic E-state index is 12.8. The summed E-state index contributed by atoms with van der Waals surface area (Å²) in [7, 11) is 0. The topological polar surface area (TPSA) is 80.2 Å². The van der Waals surface area contributed by atoms with Crippen molar-refractivity contribution in [1.29, 1.82) is 0 Å². The van der Waals surface area contributed by atoms with Crippen LogP contribution in [0.15, 0.2) is 41.2 Å². The van der Waals surface area contributed by atoms with E-state index < -0.39 is 0 Å². The number of amides is 1. The van der Waals surface area contributed by atoms with Crippen LogP contribution in [0.2, 0.25) is 0 Å². The molecule has 1 saturated heterocycles. The Hall–Kier alpha value is -2.83. The number of likely N-dealkylation sites (tertiary alicyclic amines) is 1. The van der Waals surface area contributed by atoms with Gasteiger partial charge in [0, 0.05) is 31.1 Å². The van der Waals surface area contributed by atoms with Crippen molar-refractivity contribution >= 4 is 5.91 Å². The van der Waals surface area contributed by atoms with Crippen LogP contribution >= 0.6 is 0 Å². The summed E-state index contributed by atoms with van der Waals surface area (Å²) >= 11 is 0. The van der Waals surface area contributed by atoms with E-state index in [2.05, 4.69) is 16.8 Å². The summed E-state index contributed by atoms with van der Waals surface area (Å²) in [5, 5.41) is 6.71. The van der Waals surface area contributed by atoms with E-state index in [-0.39, 0.29) is 17.5 Å². The number of rotatable bonds is 6. The Morgan fingerprint density at radius 3 is 2.78 bits per heavy atom. The fraction of sp³-hybridized carbons (Fsp3) is 0.450. The van der Waals surface area contributed by atoms with Crippen LogP contribution < -0.4 is 10.4 Å². The van der Waals surface area contributed by atoms with E-state index in [1.54, 1.807) is 10.6 Å². The molecular formula is C20H26N4O3. The predicted molar refractivity (Wildman–Crippen MR) is 103 cm³/mol. The third-order valence-electron chi connectivity index (χ3n) is 4.82. The second-order valence-electron chi connectivity index (χ2n) is 6.97. The molecule has 1 aliphatic heterocycles. The average Bonchev–Trinajstić information content (AvgIpc) is 3.06. The largest absolute Gasteiger partial charge is 0.489 e. The summed E-state index contributed by atoms with van der Waals surface area (Å²) < 4.78 is 7.31. The van der Waals surface area contributed by atoms with Crippen molar-refractivity contribution in [2.75, 3.05) is 19.7 Å². The van der Waals surface area contributed by atoms with Crippen molar-refractivity contribution < 1.29 is 9.53 Å². The molecule has 7 nitrogen and oxygen atoms in total. The Morgan fingerprint density at radius 2 is 2.11 bits per heavy atom. The van der Waals surface area contributed by atoms with E-state index in [9.17, 15) is 9.59 Å². The lowest BCUT2D eigenvalue weighted by Gasteiger charge is -2.31. The summed E-state index contributed by atoms with van der Waals surface area (Å²) in [4.78, 5) is 26.5. The molecule has 0 spiro atoms. The molecule has 1 amide bonds. The van der Waals surface area contributed by atoms with Crippen LogP contribution in [0, 0.1) is 0 Å². The minimum absolute atomic E-state index is 0.00383. The molecule has 1 aliphatic rings. The number of carbonyl (C=O) groups is 1. The quantitative estimate of drug-likeness (QED) is 0.793. The number of carbonyl (C=O) groups excluding carboxylic acids is 1. The maximum Gasteiger partial charge on any atom is 0.343 e. The Kier molecular flexibility index (Phi) is 5.78. The van der Waals surface area contributed by atoms with Gasteiger partial charge in [0.1, 0.15) is 18.2 Å². The highest BCUT2D eigenvalue weighted by molar-refractivity contribution is 5.94. The number of ether oxygens (including phenoxy) is 1. The zero-order valence-electron chi connectivity index (χ0n) is 15.9.